The molecule has 112 valence electrons. The van der Waals surface area contributed by atoms with Gasteiger partial charge in [-0.3, -0.25) is 0 Å². The van der Waals surface area contributed by atoms with Crippen molar-refractivity contribution in [1.82, 2.24) is 4.98 Å². The Bertz CT molecular complexity index is 797. The SMILES string of the molecule is Cc1ccc2nc(CO)c(C)c(OCc3ccccc3)c2c1. The third-order valence-corrected chi connectivity index (χ3v) is 3.80. The normalized spacial score (nSPS) is 10.9. The molecule has 0 atom stereocenters. The molecule has 0 amide bonds. The van der Waals surface area contributed by atoms with Crippen molar-refractivity contribution in [3.63, 3.8) is 0 Å². The maximum absolute atomic E-state index is 9.52. The van der Waals surface area contributed by atoms with Gasteiger partial charge in [0.15, 0.2) is 0 Å². The Labute approximate surface area is 130 Å². The van der Waals surface area contributed by atoms with Gasteiger partial charge in [-0.05, 0) is 31.5 Å². The first-order valence-electron chi connectivity index (χ1n) is 7.36. The topological polar surface area (TPSA) is 42.4 Å². The van der Waals surface area contributed by atoms with E-state index in [2.05, 4.69) is 18.0 Å². The minimum absolute atomic E-state index is 0.0860. The van der Waals surface area contributed by atoms with E-state index in [4.69, 9.17) is 4.74 Å². The van der Waals surface area contributed by atoms with Gasteiger partial charge in [-0.15, -0.1) is 0 Å². The number of hydrogen-bond donors (Lipinski definition) is 1. The van der Waals surface area contributed by atoms with Crippen LogP contribution in [0.25, 0.3) is 10.9 Å². The number of benzene rings is 2. The van der Waals surface area contributed by atoms with Crippen LogP contribution < -0.4 is 4.74 Å². The van der Waals surface area contributed by atoms with Crippen LogP contribution in [-0.4, -0.2) is 10.1 Å². The fraction of sp³-hybridized carbons (Fsp3) is 0.211. The fourth-order valence-electron chi connectivity index (χ4n) is 2.56. The zero-order chi connectivity index (χ0) is 15.5. The van der Waals surface area contributed by atoms with Gasteiger partial charge < -0.3 is 9.84 Å². The number of fused-ring (bicyclic) bond motifs is 1. The summed E-state index contributed by atoms with van der Waals surface area (Å²) in [5.74, 6) is 0.807. The van der Waals surface area contributed by atoms with Crippen LogP contribution in [0.3, 0.4) is 0 Å². The molecule has 0 fully saturated rings. The molecule has 0 aliphatic rings. The summed E-state index contributed by atoms with van der Waals surface area (Å²) in [7, 11) is 0. The van der Waals surface area contributed by atoms with Crippen LogP contribution in [0.4, 0.5) is 0 Å². The average molecular weight is 293 g/mol. The number of aliphatic hydroxyl groups is 1. The van der Waals surface area contributed by atoms with E-state index in [0.29, 0.717) is 12.3 Å². The number of rotatable bonds is 4. The third-order valence-electron chi connectivity index (χ3n) is 3.80. The first-order chi connectivity index (χ1) is 10.7. The van der Waals surface area contributed by atoms with Gasteiger partial charge in [-0.2, -0.15) is 0 Å². The van der Waals surface area contributed by atoms with Gasteiger partial charge in [-0.25, -0.2) is 4.98 Å². The fourth-order valence-corrected chi connectivity index (χ4v) is 2.56. The third kappa shape index (κ3) is 2.81. The summed E-state index contributed by atoms with van der Waals surface area (Å²) in [6, 6.07) is 16.1. The number of nitrogens with zero attached hydrogens (tertiary/aromatic N) is 1. The highest BCUT2D eigenvalue weighted by Gasteiger charge is 2.13. The molecule has 1 N–H and O–H groups in total. The highest BCUT2D eigenvalue weighted by atomic mass is 16.5. The average Bonchev–Trinajstić information content (AvgIpc) is 2.54. The second-order valence-corrected chi connectivity index (χ2v) is 5.47. The lowest BCUT2D eigenvalue weighted by molar-refractivity contribution is 0.272. The molecular formula is C19H19NO2. The summed E-state index contributed by atoms with van der Waals surface area (Å²) < 4.78 is 6.08. The molecule has 1 heterocycles. The van der Waals surface area contributed by atoms with Crippen molar-refractivity contribution in [2.75, 3.05) is 0 Å². The van der Waals surface area contributed by atoms with Crippen LogP contribution in [0.2, 0.25) is 0 Å². The molecule has 0 spiro atoms. The van der Waals surface area contributed by atoms with Crippen molar-refractivity contribution >= 4 is 10.9 Å². The Morgan fingerprint density at radius 2 is 1.82 bits per heavy atom. The molecule has 0 aliphatic carbocycles. The molecule has 3 heteroatoms. The Hall–Kier alpha value is -2.39. The Morgan fingerprint density at radius 3 is 2.55 bits per heavy atom. The number of hydrogen-bond acceptors (Lipinski definition) is 3. The van der Waals surface area contributed by atoms with Crippen molar-refractivity contribution in [2.24, 2.45) is 0 Å². The molecule has 0 bridgehead atoms. The van der Waals surface area contributed by atoms with Crippen LogP contribution >= 0.6 is 0 Å². The van der Waals surface area contributed by atoms with Gasteiger partial charge in [-0.1, -0.05) is 42.0 Å². The molecule has 0 saturated heterocycles. The van der Waals surface area contributed by atoms with Crippen LogP contribution in [-0.2, 0) is 13.2 Å². The smallest absolute Gasteiger partial charge is 0.134 e. The number of ether oxygens (including phenoxy) is 1. The molecule has 3 aromatic rings. The lowest BCUT2D eigenvalue weighted by Gasteiger charge is -2.15. The lowest BCUT2D eigenvalue weighted by Crippen LogP contribution is -2.03. The van der Waals surface area contributed by atoms with Crippen LogP contribution in [0.15, 0.2) is 48.5 Å². The highest BCUT2D eigenvalue weighted by molar-refractivity contribution is 5.87. The Kier molecular flexibility index (Phi) is 4.07. The molecule has 0 radical (unpaired) electrons. The van der Waals surface area contributed by atoms with E-state index in [1.807, 2.05) is 49.4 Å². The van der Waals surface area contributed by atoms with Crippen molar-refractivity contribution in [3.05, 3.63) is 70.9 Å². The molecule has 1 aromatic heterocycles. The summed E-state index contributed by atoms with van der Waals surface area (Å²) in [6.07, 6.45) is 0. The molecule has 22 heavy (non-hydrogen) atoms. The van der Waals surface area contributed by atoms with Gasteiger partial charge in [0.05, 0.1) is 17.8 Å². The van der Waals surface area contributed by atoms with Crippen LogP contribution in [0.1, 0.15) is 22.4 Å². The lowest BCUT2D eigenvalue weighted by atomic mass is 10.1. The largest absolute Gasteiger partial charge is 0.488 e. The predicted octanol–water partition coefficient (Wildman–Crippen LogP) is 3.92. The molecule has 2 aromatic carbocycles. The maximum Gasteiger partial charge on any atom is 0.134 e. The number of aryl methyl sites for hydroxylation is 1. The summed E-state index contributed by atoms with van der Waals surface area (Å²) in [5.41, 5.74) is 4.69. The Balaban J connectivity index is 2.05. The first-order valence-corrected chi connectivity index (χ1v) is 7.36. The monoisotopic (exact) mass is 293 g/mol. The van der Waals surface area contributed by atoms with Gasteiger partial charge in [0, 0.05) is 10.9 Å². The Morgan fingerprint density at radius 1 is 1.05 bits per heavy atom. The van der Waals surface area contributed by atoms with Crippen LogP contribution in [0.5, 0.6) is 5.75 Å². The van der Waals surface area contributed by atoms with E-state index in [-0.39, 0.29) is 6.61 Å². The molecule has 0 unspecified atom stereocenters. The number of aromatic nitrogens is 1. The summed E-state index contributed by atoms with van der Waals surface area (Å²) in [6.45, 7) is 4.41. The van der Waals surface area contributed by atoms with Gasteiger partial charge >= 0.3 is 0 Å². The van der Waals surface area contributed by atoms with E-state index in [0.717, 1.165) is 33.3 Å². The van der Waals surface area contributed by atoms with Crippen molar-refractivity contribution in [1.29, 1.82) is 0 Å². The van der Waals surface area contributed by atoms with Crippen molar-refractivity contribution in [2.45, 2.75) is 27.1 Å². The molecule has 3 rings (SSSR count). The van der Waals surface area contributed by atoms with Crippen molar-refractivity contribution in [3.8, 4) is 5.75 Å². The summed E-state index contributed by atoms with van der Waals surface area (Å²) in [4.78, 5) is 4.52. The van der Waals surface area contributed by atoms with E-state index < -0.39 is 0 Å². The highest BCUT2D eigenvalue weighted by Crippen LogP contribution is 2.31. The molecule has 3 nitrogen and oxygen atoms in total. The summed E-state index contributed by atoms with van der Waals surface area (Å²) in [5, 5.41) is 10.5. The first kappa shape index (κ1) is 14.5. The summed E-state index contributed by atoms with van der Waals surface area (Å²) >= 11 is 0. The molecular weight excluding hydrogens is 274 g/mol. The zero-order valence-electron chi connectivity index (χ0n) is 12.8. The molecule has 0 aliphatic heterocycles. The number of pyridine rings is 1. The zero-order valence-corrected chi connectivity index (χ0v) is 12.8. The molecule has 0 saturated carbocycles. The van der Waals surface area contributed by atoms with E-state index in [1.54, 1.807) is 0 Å². The van der Waals surface area contributed by atoms with Crippen molar-refractivity contribution < 1.29 is 9.84 Å². The quantitative estimate of drug-likeness (QED) is 0.792. The second-order valence-electron chi connectivity index (χ2n) is 5.47. The standard InChI is InChI=1S/C19H19NO2/c1-13-8-9-17-16(10-13)19(14(2)18(11-21)20-17)22-12-15-6-4-3-5-7-15/h3-10,21H,11-12H2,1-2H3. The van der Waals surface area contributed by atoms with Crippen LogP contribution in [0, 0.1) is 13.8 Å². The van der Waals surface area contributed by atoms with E-state index in [1.165, 1.54) is 0 Å². The van der Waals surface area contributed by atoms with Gasteiger partial charge in [0.1, 0.15) is 12.4 Å². The second kappa shape index (κ2) is 6.16. The van der Waals surface area contributed by atoms with Gasteiger partial charge in [0.25, 0.3) is 0 Å². The predicted molar refractivity (Wildman–Crippen MR) is 87.9 cm³/mol. The number of aliphatic hydroxyl groups excluding tert-OH is 1. The van der Waals surface area contributed by atoms with E-state index in [9.17, 15) is 5.11 Å². The van der Waals surface area contributed by atoms with E-state index >= 15 is 0 Å². The maximum atomic E-state index is 9.52. The minimum Gasteiger partial charge on any atom is -0.488 e. The minimum atomic E-state index is -0.0860. The van der Waals surface area contributed by atoms with Gasteiger partial charge in [0.2, 0.25) is 0 Å².